The Morgan fingerprint density at radius 3 is 2.62 bits per heavy atom. The van der Waals surface area contributed by atoms with Gasteiger partial charge in [-0.2, -0.15) is 0 Å². The number of nitrogens with two attached hydrogens (primary N) is 1. The molecule has 0 aromatic carbocycles. The van der Waals surface area contributed by atoms with Crippen LogP contribution in [0.25, 0.3) is 0 Å². The Hall–Kier alpha value is -0.610. The van der Waals surface area contributed by atoms with E-state index in [1.165, 1.54) is 6.42 Å². The number of carbonyl (C=O) groups excluding carboxylic acids is 1. The van der Waals surface area contributed by atoms with Gasteiger partial charge in [-0.25, -0.2) is 0 Å². The Bertz CT molecular complexity index is 263. The van der Waals surface area contributed by atoms with E-state index < -0.39 is 5.41 Å². The molecule has 4 heteroatoms. The van der Waals surface area contributed by atoms with Crippen molar-refractivity contribution >= 4 is 5.97 Å². The Morgan fingerprint density at radius 1 is 1.38 bits per heavy atom. The van der Waals surface area contributed by atoms with Crippen molar-refractivity contribution in [3.63, 3.8) is 0 Å². The lowest BCUT2D eigenvalue weighted by molar-refractivity contribution is -0.162. The largest absolute Gasteiger partial charge is 0.462 e. The summed E-state index contributed by atoms with van der Waals surface area (Å²) < 4.78 is 10.8. The molecule has 1 heterocycles. The van der Waals surface area contributed by atoms with E-state index in [1.54, 1.807) is 0 Å². The van der Waals surface area contributed by atoms with Crippen LogP contribution < -0.4 is 5.73 Å². The first kappa shape index (κ1) is 11.9. The third-order valence-electron chi connectivity index (χ3n) is 3.81. The molecule has 2 unspecified atom stereocenters. The van der Waals surface area contributed by atoms with Crippen LogP contribution in [0.2, 0.25) is 0 Å². The highest BCUT2D eigenvalue weighted by Crippen LogP contribution is 2.31. The maximum absolute atomic E-state index is 12.1. The molecule has 1 aliphatic heterocycles. The van der Waals surface area contributed by atoms with Gasteiger partial charge in [-0.3, -0.25) is 4.79 Å². The highest BCUT2D eigenvalue weighted by atomic mass is 16.6. The van der Waals surface area contributed by atoms with Gasteiger partial charge in [-0.15, -0.1) is 0 Å². The van der Waals surface area contributed by atoms with Crippen LogP contribution in [-0.4, -0.2) is 31.3 Å². The van der Waals surface area contributed by atoms with E-state index in [0.717, 1.165) is 25.7 Å². The lowest BCUT2D eigenvalue weighted by Crippen LogP contribution is -2.46. The molecule has 4 nitrogen and oxygen atoms in total. The average molecular weight is 227 g/mol. The van der Waals surface area contributed by atoms with Crippen LogP contribution in [0.4, 0.5) is 0 Å². The summed E-state index contributed by atoms with van der Waals surface area (Å²) in [5.74, 6) is -0.176. The van der Waals surface area contributed by atoms with Crippen LogP contribution in [0.1, 0.15) is 39.0 Å². The first-order valence-electron chi connectivity index (χ1n) is 6.17. The molecule has 0 aromatic rings. The van der Waals surface area contributed by atoms with Gasteiger partial charge in [0, 0.05) is 6.04 Å². The third kappa shape index (κ3) is 2.23. The normalized spacial score (nSPS) is 36.2. The van der Waals surface area contributed by atoms with Gasteiger partial charge in [0.1, 0.15) is 11.5 Å². The fraction of sp³-hybridized carbons (Fsp3) is 0.917. The van der Waals surface area contributed by atoms with E-state index in [0.29, 0.717) is 13.2 Å². The minimum absolute atomic E-state index is 0.103. The minimum Gasteiger partial charge on any atom is -0.462 e. The van der Waals surface area contributed by atoms with Crippen LogP contribution >= 0.6 is 0 Å². The van der Waals surface area contributed by atoms with E-state index in [1.807, 2.05) is 6.92 Å². The predicted molar refractivity (Wildman–Crippen MR) is 59.9 cm³/mol. The summed E-state index contributed by atoms with van der Waals surface area (Å²) in [6.45, 7) is 2.69. The molecule has 0 aromatic heterocycles. The smallest absolute Gasteiger partial charge is 0.316 e. The molecule has 0 radical (unpaired) electrons. The summed E-state index contributed by atoms with van der Waals surface area (Å²) in [6, 6.07) is -0.233. The van der Waals surface area contributed by atoms with Gasteiger partial charge in [-0.05, 0) is 32.6 Å². The molecule has 16 heavy (non-hydrogen) atoms. The monoisotopic (exact) mass is 227 g/mol. The average Bonchev–Trinajstić information content (AvgIpc) is 2.62. The summed E-state index contributed by atoms with van der Waals surface area (Å²) >= 11 is 0. The maximum atomic E-state index is 12.1. The lowest BCUT2D eigenvalue weighted by atomic mass is 9.86. The van der Waals surface area contributed by atoms with E-state index in [9.17, 15) is 4.79 Å². The van der Waals surface area contributed by atoms with E-state index >= 15 is 0 Å². The fourth-order valence-corrected chi connectivity index (χ4v) is 2.37. The molecule has 2 rings (SSSR count). The van der Waals surface area contributed by atoms with Gasteiger partial charge >= 0.3 is 5.97 Å². The molecule has 1 saturated carbocycles. The van der Waals surface area contributed by atoms with Crippen molar-refractivity contribution in [3.8, 4) is 0 Å². The van der Waals surface area contributed by atoms with Crippen LogP contribution in [0.15, 0.2) is 0 Å². The van der Waals surface area contributed by atoms with E-state index in [-0.39, 0.29) is 18.1 Å². The first-order chi connectivity index (χ1) is 7.63. The molecular weight excluding hydrogens is 206 g/mol. The Labute approximate surface area is 96.5 Å². The molecule has 2 atom stereocenters. The molecule has 2 N–H and O–H groups in total. The van der Waals surface area contributed by atoms with Gasteiger partial charge in [0.2, 0.25) is 0 Å². The van der Waals surface area contributed by atoms with Crippen molar-refractivity contribution in [2.45, 2.75) is 51.2 Å². The van der Waals surface area contributed by atoms with E-state index in [4.69, 9.17) is 15.2 Å². The maximum Gasteiger partial charge on any atom is 0.316 e. The molecule has 92 valence electrons. The summed E-state index contributed by atoms with van der Waals surface area (Å²) in [4.78, 5) is 12.1. The van der Waals surface area contributed by atoms with Crippen molar-refractivity contribution in [1.29, 1.82) is 0 Å². The number of esters is 1. The summed E-state index contributed by atoms with van der Waals surface area (Å²) in [5.41, 5.74) is 5.25. The topological polar surface area (TPSA) is 61.5 Å². The Kier molecular flexibility index (Phi) is 3.50. The third-order valence-corrected chi connectivity index (χ3v) is 3.81. The predicted octanol–water partition coefficient (Wildman–Crippen LogP) is 1.23. The molecule has 0 bridgehead atoms. The second kappa shape index (κ2) is 4.72. The summed E-state index contributed by atoms with van der Waals surface area (Å²) in [5, 5.41) is 0. The highest BCUT2D eigenvalue weighted by Gasteiger charge is 2.46. The number of carbonyl (C=O) groups is 1. The van der Waals surface area contributed by atoms with Crippen LogP contribution in [0, 0.1) is 5.41 Å². The molecule has 2 fully saturated rings. The van der Waals surface area contributed by atoms with Gasteiger partial charge in [0.25, 0.3) is 0 Å². The van der Waals surface area contributed by atoms with Gasteiger partial charge in [-0.1, -0.05) is 6.42 Å². The SMILES string of the molecule is CC1(C(=O)OC2CCCCC2)COCC1N. The van der Waals surface area contributed by atoms with Gasteiger partial charge < -0.3 is 15.2 Å². The van der Waals surface area contributed by atoms with Crippen molar-refractivity contribution in [2.75, 3.05) is 13.2 Å². The minimum atomic E-state index is -0.641. The number of hydrogen-bond donors (Lipinski definition) is 1. The van der Waals surface area contributed by atoms with Crippen LogP contribution in [-0.2, 0) is 14.3 Å². The van der Waals surface area contributed by atoms with Crippen molar-refractivity contribution in [2.24, 2.45) is 11.1 Å². The highest BCUT2D eigenvalue weighted by molar-refractivity contribution is 5.78. The van der Waals surface area contributed by atoms with Crippen molar-refractivity contribution in [3.05, 3.63) is 0 Å². The quantitative estimate of drug-likeness (QED) is 0.721. The second-order valence-corrected chi connectivity index (χ2v) is 5.20. The molecule has 1 saturated heterocycles. The molecule has 0 amide bonds. The molecule has 1 aliphatic carbocycles. The van der Waals surface area contributed by atoms with Gasteiger partial charge in [0.15, 0.2) is 0 Å². The van der Waals surface area contributed by atoms with Crippen LogP contribution in [0.3, 0.4) is 0 Å². The number of ether oxygens (including phenoxy) is 2. The van der Waals surface area contributed by atoms with E-state index in [2.05, 4.69) is 0 Å². The Morgan fingerprint density at radius 2 is 2.06 bits per heavy atom. The second-order valence-electron chi connectivity index (χ2n) is 5.20. The number of rotatable bonds is 2. The summed E-state index contributed by atoms with van der Waals surface area (Å²) in [6.07, 6.45) is 5.68. The fourth-order valence-electron chi connectivity index (χ4n) is 2.37. The standard InChI is InChI=1S/C12H21NO3/c1-12(8-15-7-10(12)13)11(14)16-9-5-3-2-4-6-9/h9-10H,2-8,13H2,1H3. The van der Waals surface area contributed by atoms with Gasteiger partial charge in [0.05, 0.1) is 13.2 Å². The van der Waals surface area contributed by atoms with Crippen LogP contribution in [0.5, 0.6) is 0 Å². The molecular formula is C12H21NO3. The molecule has 2 aliphatic rings. The van der Waals surface area contributed by atoms with Crippen molar-refractivity contribution < 1.29 is 14.3 Å². The van der Waals surface area contributed by atoms with Crippen molar-refractivity contribution in [1.82, 2.24) is 0 Å². The zero-order valence-corrected chi connectivity index (χ0v) is 9.91. The number of hydrogen-bond acceptors (Lipinski definition) is 4. The zero-order valence-electron chi connectivity index (χ0n) is 9.91. The molecule has 0 spiro atoms. The first-order valence-corrected chi connectivity index (χ1v) is 6.17. The Balaban J connectivity index is 1.91. The lowest BCUT2D eigenvalue weighted by Gasteiger charge is -2.29. The zero-order chi connectivity index (χ0) is 11.6. The summed E-state index contributed by atoms with van der Waals surface area (Å²) in [7, 11) is 0.